The SMILES string of the molecule is Cc1cc(C[C@H](C)O)n[nH]1. The maximum Gasteiger partial charge on any atom is 0.0650 e. The molecule has 1 atom stereocenters. The van der Waals surface area contributed by atoms with Crippen LogP contribution in [0, 0.1) is 6.92 Å². The van der Waals surface area contributed by atoms with Crippen molar-refractivity contribution in [2.75, 3.05) is 0 Å². The average molecular weight is 140 g/mol. The largest absolute Gasteiger partial charge is 0.393 e. The minimum atomic E-state index is -0.303. The molecule has 56 valence electrons. The summed E-state index contributed by atoms with van der Waals surface area (Å²) in [5, 5.41) is 15.7. The molecular formula is C7H12N2O. The Labute approximate surface area is 60.1 Å². The van der Waals surface area contributed by atoms with Crippen LogP contribution in [0.4, 0.5) is 0 Å². The summed E-state index contributed by atoms with van der Waals surface area (Å²) in [6.07, 6.45) is 0.326. The lowest BCUT2D eigenvalue weighted by Gasteiger charge is -1.97. The lowest BCUT2D eigenvalue weighted by molar-refractivity contribution is 0.194. The number of rotatable bonds is 2. The summed E-state index contributed by atoms with van der Waals surface area (Å²) in [4.78, 5) is 0. The summed E-state index contributed by atoms with van der Waals surface area (Å²) >= 11 is 0. The highest BCUT2D eigenvalue weighted by molar-refractivity contribution is 5.07. The molecule has 0 aliphatic heterocycles. The first kappa shape index (κ1) is 7.28. The smallest absolute Gasteiger partial charge is 0.0650 e. The lowest BCUT2D eigenvalue weighted by Crippen LogP contribution is -2.04. The summed E-state index contributed by atoms with van der Waals surface area (Å²) in [6, 6.07) is 1.94. The van der Waals surface area contributed by atoms with Crippen LogP contribution in [0.1, 0.15) is 18.3 Å². The molecule has 0 fully saturated rings. The van der Waals surface area contributed by atoms with Gasteiger partial charge in [-0.3, -0.25) is 5.10 Å². The minimum Gasteiger partial charge on any atom is -0.393 e. The number of H-pyrrole nitrogens is 1. The Morgan fingerprint density at radius 2 is 2.50 bits per heavy atom. The fourth-order valence-corrected chi connectivity index (χ4v) is 0.882. The third-order valence-corrected chi connectivity index (χ3v) is 1.26. The zero-order valence-corrected chi connectivity index (χ0v) is 6.26. The number of aliphatic hydroxyl groups is 1. The summed E-state index contributed by atoms with van der Waals surface area (Å²) in [7, 11) is 0. The van der Waals surface area contributed by atoms with E-state index in [1.165, 1.54) is 0 Å². The number of hydrogen-bond donors (Lipinski definition) is 2. The van der Waals surface area contributed by atoms with Gasteiger partial charge >= 0.3 is 0 Å². The number of nitrogens with one attached hydrogen (secondary N) is 1. The molecule has 1 aromatic rings. The number of aliphatic hydroxyl groups excluding tert-OH is 1. The molecular weight excluding hydrogens is 128 g/mol. The molecule has 1 aromatic heterocycles. The van der Waals surface area contributed by atoms with Crippen LogP contribution >= 0.6 is 0 Å². The van der Waals surface area contributed by atoms with Crippen molar-refractivity contribution in [1.82, 2.24) is 10.2 Å². The first-order valence-electron chi connectivity index (χ1n) is 3.37. The fourth-order valence-electron chi connectivity index (χ4n) is 0.882. The standard InChI is InChI=1S/C7H12N2O/c1-5-3-7(9-8-5)4-6(2)10/h3,6,10H,4H2,1-2H3,(H,8,9)/t6-/m0/s1. The van der Waals surface area contributed by atoms with E-state index < -0.39 is 0 Å². The van der Waals surface area contributed by atoms with Crippen molar-refractivity contribution in [3.05, 3.63) is 17.5 Å². The molecule has 0 aliphatic carbocycles. The second-order valence-corrected chi connectivity index (χ2v) is 2.60. The zero-order chi connectivity index (χ0) is 7.56. The van der Waals surface area contributed by atoms with E-state index in [0.29, 0.717) is 6.42 Å². The van der Waals surface area contributed by atoms with Crippen molar-refractivity contribution < 1.29 is 5.11 Å². The predicted molar refractivity (Wildman–Crippen MR) is 38.7 cm³/mol. The molecule has 0 unspecified atom stereocenters. The van der Waals surface area contributed by atoms with Crippen LogP contribution in [-0.4, -0.2) is 21.4 Å². The number of hydrogen-bond acceptors (Lipinski definition) is 2. The van der Waals surface area contributed by atoms with Gasteiger partial charge < -0.3 is 5.11 Å². The maximum absolute atomic E-state index is 8.96. The normalized spacial score (nSPS) is 13.5. The van der Waals surface area contributed by atoms with E-state index in [2.05, 4.69) is 10.2 Å². The van der Waals surface area contributed by atoms with Crippen LogP contribution in [0.25, 0.3) is 0 Å². The van der Waals surface area contributed by atoms with Crippen LogP contribution in [0.3, 0.4) is 0 Å². The van der Waals surface area contributed by atoms with Gasteiger partial charge in [0.2, 0.25) is 0 Å². The molecule has 1 rings (SSSR count). The van der Waals surface area contributed by atoms with Gasteiger partial charge in [-0.2, -0.15) is 5.10 Å². The average Bonchev–Trinajstić information content (AvgIpc) is 2.13. The Kier molecular flexibility index (Phi) is 2.06. The lowest BCUT2D eigenvalue weighted by atomic mass is 10.2. The Morgan fingerprint density at radius 3 is 2.90 bits per heavy atom. The van der Waals surface area contributed by atoms with Gasteiger partial charge in [-0.15, -0.1) is 0 Å². The topological polar surface area (TPSA) is 48.9 Å². The van der Waals surface area contributed by atoms with E-state index in [0.717, 1.165) is 11.4 Å². The van der Waals surface area contributed by atoms with Gasteiger partial charge in [0.1, 0.15) is 0 Å². The molecule has 0 saturated heterocycles. The quantitative estimate of drug-likeness (QED) is 0.633. The summed E-state index contributed by atoms with van der Waals surface area (Å²) in [5.74, 6) is 0. The van der Waals surface area contributed by atoms with Crippen LogP contribution < -0.4 is 0 Å². The first-order valence-corrected chi connectivity index (χ1v) is 3.37. The van der Waals surface area contributed by atoms with Crippen molar-refractivity contribution in [3.63, 3.8) is 0 Å². The van der Waals surface area contributed by atoms with E-state index in [4.69, 9.17) is 5.11 Å². The van der Waals surface area contributed by atoms with E-state index >= 15 is 0 Å². The maximum atomic E-state index is 8.96. The van der Waals surface area contributed by atoms with Crippen molar-refractivity contribution in [3.8, 4) is 0 Å². The molecule has 0 aliphatic rings. The molecule has 3 nitrogen and oxygen atoms in total. The van der Waals surface area contributed by atoms with Gasteiger partial charge in [0.15, 0.2) is 0 Å². The molecule has 0 bridgehead atoms. The molecule has 10 heavy (non-hydrogen) atoms. The summed E-state index contributed by atoms with van der Waals surface area (Å²) in [5.41, 5.74) is 1.96. The highest BCUT2D eigenvalue weighted by Gasteiger charge is 2.00. The minimum absolute atomic E-state index is 0.303. The Morgan fingerprint density at radius 1 is 1.80 bits per heavy atom. The fraction of sp³-hybridized carbons (Fsp3) is 0.571. The van der Waals surface area contributed by atoms with Gasteiger partial charge in [0.25, 0.3) is 0 Å². The van der Waals surface area contributed by atoms with Crippen molar-refractivity contribution in [2.45, 2.75) is 26.4 Å². The third-order valence-electron chi connectivity index (χ3n) is 1.26. The van der Waals surface area contributed by atoms with Gasteiger partial charge in [0.05, 0.1) is 11.8 Å². The zero-order valence-electron chi connectivity index (χ0n) is 6.26. The van der Waals surface area contributed by atoms with Gasteiger partial charge in [-0.1, -0.05) is 0 Å². The Balaban J connectivity index is 2.58. The van der Waals surface area contributed by atoms with Crippen LogP contribution in [0.2, 0.25) is 0 Å². The molecule has 2 N–H and O–H groups in total. The second-order valence-electron chi connectivity index (χ2n) is 2.60. The molecule has 1 heterocycles. The van der Waals surface area contributed by atoms with Crippen LogP contribution in [0.5, 0.6) is 0 Å². The number of aromatic amines is 1. The van der Waals surface area contributed by atoms with Gasteiger partial charge in [0, 0.05) is 12.1 Å². The number of aromatic nitrogens is 2. The van der Waals surface area contributed by atoms with Crippen molar-refractivity contribution >= 4 is 0 Å². The highest BCUT2D eigenvalue weighted by Crippen LogP contribution is 2.00. The molecule has 0 saturated carbocycles. The third kappa shape index (κ3) is 1.84. The molecule has 3 heteroatoms. The molecule has 0 amide bonds. The van der Waals surface area contributed by atoms with Crippen LogP contribution in [0.15, 0.2) is 6.07 Å². The number of nitrogens with zero attached hydrogens (tertiary/aromatic N) is 1. The Bertz CT molecular complexity index is 205. The second kappa shape index (κ2) is 2.84. The molecule has 0 aromatic carbocycles. The van der Waals surface area contributed by atoms with E-state index in [1.54, 1.807) is 6.92 Å². The molecule has 0 spiro atoms. The Hall–Kier alpha value is -0.830. The molecule has 0 radical (unpaired) electrons. The summed E-state index contributed by atoms with van der Waals surface area (Å²) < 4.78 is 0. The van der Waals surface area contributed by atoms with Crippen molar-refractivity contribution in [1.29, 1.82) is 0 Å². The highest BCUT2D eigenvalue weighted by atomic mass is 16.3. The van der Waals surface area contributed by atoms with E-state index in [9.17, 15) is 0 Å². The first-order chi connectivity index (χ1) is 4.68. The monoisotopic (exact) mass is 140 g/mol. The van der Waals surface area contributed by atoms with Crippen LogP contribution in [-0.2, 0) is 6.42 Å². The number of aryl methyl sites for hydroxylation is 1. The van der Waals surface area contributed by atoms with E-state index in [1.807, 2.05) is 13.0 Å². The van der Waals surface area contributed by atoms with Crippen molar-refractivity contribution in [2.24, 2.45) is 0 Å². The van der Waals surface area contributed by atoms with Gasteiger partial charge in [-0.05, 0) is 19.9 Å². The van der Waals surface area contributed by atoms with Gasteiger partial charge in [-0.25, -0.2) is 0 Å². The predicted octanol–water partition coefficient (Wildman–Crippen LogP) is 0.641. The summed E-state index contributed by atoms with van der Waals surface area (Å²) in [6.45, 7) is 3.70. The van der Waals surface area contributed by atoms with E-state index in [-0.39, 0.29) is 6.10 Å².